The maximum absolute atomic E-state index is 3.50. The molecule has 0 aliphatic carbocycles. The summed E-state index contributed by atoms with van der Waals surface area (Å²) in [4.78, 5) is 2.64. The molecule has 0 bridgehead atoms. The van der Waals surface area contributed by atoms with Crippen molar-refractivity contribution in [2.24, 2.45) is 5.92 Å². The summed E-state index contributed by atoms with van der Waals surface area (Å²) in [6.07, 6.45) is 4.26. The van der Waals surface area contributed by atoms with Gasteiger partial charge in [0.2, 0.25) is 0 Å². The molecule has 2 fully saturated rings. The molecule has 14 heavy (non-hydrogen) atoms. The van der Waals surface area contributed by atoms with E-state index >= 15 is 0 Å². The van der Waals surface area contributed by atoms with Crippen LogP contribution in [0.2, 0.25) is 0 Å². The second-order valence-electron chi connectivity index (χ2n) is 4.46. The van der Waals surface area contributed by atoms with E-state index in [1.165, 1.54) is 63.5 Å². The van der Waals surface area contributed by atoms with Crippen LogP contribution in [0.15, 0.2) is 0 Å². The summed E-state index contributed by atoms with van der Waals surface area (Å²) >= 11 is 2.11. The highest BCUT2D eigenvalue weighted by atomic mass is 32.2. The number of rotatable bonds is 3. The average molecular weight is 214 g/mol. The zero-order chi connectivity index (χ0) is 9.64. The fourth-order valence-corrected chi connectivity index (χ4v) is 3.34. The minimum absolute atomic E-state index is 0.957. The van der Waals surface area contributed by atoms with Crippen molar-refractivity contribution in [3.8, 4) is 0 Å². The highest BCUT2D eigenvalue weighted by Crippen LogP contribution is 2.16. The molecule has 2 heterocycles. The van der Waals surface area contributed by atoms with Gasteiger partial charge >= 0.3 is 0 Å². The highest BCUT2D eigenvalue weighted by Gasteiger charge is 2.15. The molecule has 0 aromatic carbocycles. The predicted molar refractivity (Wildman–Crippen MR) is 64.0 cm³/mol. The van der Waals surface area contributed by atoms with Crippen LogP contribution in [0, 0.1) is 5.92 Å². The summed E-state index contributed by atoms with van der Waals surface area (Å²) in [5.74, 6) is 3.66. The third-order valence-electron chi connectivity index (χ3n) is 3.36. The molecule has 2 rings (SSSR count). The molecule has 0 spiro atoms. The Bertz CT molecular complexity index is 133. The lowest BCUT2D eigenvalue weighted by molar-refractivity contribution is 0.254. The first-order valence-corrected chi connectivity index (χ1v) is 7.11. The maximum Gasteiger partial charge on any atom is 0.00727 e. The van der Waals surface area contributed by atoms with Crippen LogP contribution in [0.4, 0.5) is 0 Å². The Morgan fingerprint density at radius 3 is 2.86 bits per heavy atom. The Kier molecular flexibility index (Phi) is 4.61. The van der Waals surface area contributed by atoms with E-state index in [1.54, 1.807) is 0 Å². The number of thioether (sulfide) groups is 1. The average Bonchev–Trinajstić information content (AvgIpc) is 2.29. The van der Waals surface area contributed by atoms with Gasteiger partial charge in [0.1, 0.15) is 0 Å². The summed E-state index contributed by atoms with van der Waals surface area (Å²) in [5, 5.41) is 3.50. The van der Waals surface area contributed by atoms with Gasteiger partial charge in [0.15, 0.2) is 0 Å². The largest absolute Gasteiger partial charge is 0.316 e. The number of nitrogens with zero attached hydrogens (tertiary/aromatic N) is 1. The molecule has 2 nitrogen and oxygen atoms in total. The molecule has 82 valence electrons. The second-order valence-corrected chi connectivity index (χ2v) is 5.68. The van der Waals surface area contributed by atoms with Gasteiger partial charge in [-0.25, -0.2) is 0 Å². The van der Waals surface area contributed by atoms with E-state index < -0.39 is 0 Å². The Labute approximate surface area is 91.8 Å². The van der Waals surface area contributed by atoms with E-state index in [4.69, 9.17) is 0 Å². The smallest absolute Gasteiger partial charge is 0.00727 e. The summed E-state index contributed by atoms with van der Waals surface area (Å²) in [6.45, 7) is 6.50. The normalized spacial score (nSPS) is 30.4. The lowest BCUT2D eigenvalue weighted by Gasteiger charge is -2.29. The number of hydrogen-bond donors (Lipinski definition) is 1. The zero-order valence-electron chi connectivity index (χ0n) is 9.00. The monoisotopic (exact) mass is 214 g/mol. The Morgan fingerprint density at radius 2 is 2.14 bits per heavy atom. The van der Waals surface area contributed by atoms with Crippen LogP contribution < -0.4 is 5.32 Å². The standard InChI is InChI=1S/C11H22N2S/c1-2-11(10-12-4-1)3-5-13-6-8-14-9-7-13/h11-12H,1-10H2/t11-/m1/s1. The van der Waals surface area contributed by atoms with Gasteiger partial charge in [-0.2, -0.15) is 11.8 Å². The van der Waals surface area contributed by atoms with Crippen LogP contribution in [0.25, 0.3) is 0 Å². The van der Waals surface area contributed by atoms with E-state index in [0.29, 0.717) is 0 Å². The van der Waals surface area contributed by atoms with E-state index in [2.05, 4.69) is 22.0 Å². The molecular formula is C11H22N2S. The summed E-state index contributed by atoms with van der Waals surface area (Å²) < 4.78 is 0. The third kappa shape index (κ3) is 3.44. The van der Waals surface area contributed by atoms with Crippen LogP contribution in [-0.2, 0) is 0 Å². The van der Waals surface area contributed by atoms with Crippen molar-refractivity contribution in [3.63, 3.8) is 0 Å². The molecule has 0 unspecified atom stereocenters. The number of hydrogen-bond acceptors (Lipinski definition) is 3. The molecule has 0 aromatic heterocycles. The Morgan fingerprint density at radius 1 is 1.29 bits per heavy atom. The van der Waals surface area contributed by atoms with Gasteiger partial charge in [0.05, 0.1) is 0 Å². The molecule has 1 atom stereocenters. The van der Waals surface area contributed by atoms with Gasteiger partial charge < -0.3 is 10.2 Å². The molecular weight excluding hydrogens is 192 g/mol. The van der Waals surface area contributed by atoms with Crippen molar-refractivity contribution in [2.45, 2.75) is 19.3 Å². The number of nitrogens with one attached hydrogen (secondary N) is 1. The molecule has 0 saturated carbocycles. The fraction of sp³-hybridized carbons (Fsp3) is 1.00. The zero-order valence-corrected chi connectivity index (χ0v) is 9.82. The predicted octanol–water partition coefficient (Wildman–Crippen LogP) is 1.42. The Balaban J connectivity index is 1.60. The van der Waals surface area contributed by atoms with E-state index in [0.717, 1.165) is 5.92 Å². The lowest BCUT2D eigenvalue weighted by atomic mass is 9.96. The summed E-state index contributed by atoms with van der Waals surface area (Å²) in [6, 6.07) is 0. The van der Waals surface area contributed by atoms with E-state index in [-0.39, 0.29) is 0 Å². The van der Waals surface area contributed by atoms with Crippen LogP contribution >= 0.6 is 11.8 Å². The molecule has 3 heteroatoms. The molecule has 2 aliphatic heterocycles. The van der Waals surface area contributed by atoms with Gasteiger partial charge in [-0.1, -0.05) is 0 Å². The molecule has 0 radical (unpaired) electrons. The van der Waals surface area contributed by atoms with Gasteiger partial charge in [-0.05, 0) is 44.8 Å². The van der Waals surface area contributed by atoms with Crippen LogP contribution in [0.1, 0.15) is 19.3 Å². The van der Waals surface area contributed by atoms with Crippen molar-refractivity contribution < 1.29 is 0 Å². The summed E-state index contributed by atoms with van der Waals surface area (Å²) in [7, 11) is 0. The van der Waals surface area contributed by atoms with Crippen LogP contribution in [-0.4, -0.2) is 49.1 Å². The SMILES string of the molecule is C1CNC[C@@H](CCN2CCSCC2)C1. The van der Waals surface area contributed by atoms with Crippen molar-refractivity contribution in [1.82, 2.24) is 10.2 Å². The summed E-state index contributed by atoms with van der Waals surface area (Å²) in [5.41, 5.74) is 0. The minimum Gasteiger partial charge on any atom is -0.316 e. The minimum atomic E-state index is 0.957. The van der Waals surface area contributed by atoms with Gasteiger partial charge in [0, 0.05) is 24.6 Å². The van der Waals surface area contributed by atoms with Gasteiger partial charge in [-0.15, -0.1) is 0 Å². The molecule has 2 aliphatic rings. The molecule has 1 N–H and O–H groups in total. The lowest BCUT2D eigenvalue weighted by Crippen LogP contribution is -2.36. The quantitative estimate of drug-likeness (QED) is 0.765. The van der Waals surface area contributed by atoms with Crippen LogP contribution in [0.3, 0.4) is 0 Å². The topological polar surface area (TPSA) is 15.3 Å². The molecule has 0 aromatic rings. The first-order chi connectivity index (χ1) is 6.95. The first-order valence-electron chi connectivity index (χ1n) is 5.96. The highest BCUT2D eigenvalue weighted by molar-refractivity contribution is 7.99. The molecule has 0 amide bonds. The number of piperidine rings is 1. The Hall–Kier alpha value is 0.270. The van der Waals surface area contributed by atoms with E-state index in [9.17, 15) is 0 Å². The third-order valence-corrected chi connectivity index (χ3v) is 4.30. The van der Waals surface area contributed by atoms with Crippen molar-refractivity contribution in [1.29, 1.82) is 0 Å². The van der Waals surface area contributed by atoms with Crippen molar-refractivity contribution >= 4 is 11.8 Å². The first kappa shape index (κ1) is 10.8. The second kappa shape index (κ2) is 5.99. The van der Waals surface area contributed by atoms with Crippen LogP contribution in [0.5, 0.6) is 0 Å². The van der Waals surface area contributed by atoms with Gasteiger partial charge in [0.25, 0.3) is 0 Å². The fourth-order valence-electron chi connectivity index (χ4n) is 2.36. The molecule has 2 saturated heterocycles. The van der Waals surface area contributed by atoms with E-state index in [1.807, 2.05) is 0 Å². The van der Waals surface area contributed by atoms with Gasteiger partial charge in [-0.3, -0.25) is 0 Å². The van der Waals surface area contributed by atoms with Crippen molar-refractivity contribution in [3.05, 3.63) is 0 Å². The van der Waals surface area contributed by atoms with Crippen molar-refractivity contribution in [2.75, 3.05) is 44.2 Å². The maximum atomic E-state index is 3.50.